The second-order valence-electron chi connectivity index (χ2n) is 5.55. The molecule has 1 N–H and O–H groups in total. The number of hydrogen-bond acceptors (Lipinski definition) is 4. The highest BCUT2D eigenvalue weighted by molar-refractivity contribution is 9.10. The Labute approximate surface area is 159 Å². The fourth-order valence-electron chi connectivity index (χ4n) is 2.75. The fourth-order valence-corrected chi connectivity index (χ4v) is 3.11. The van der Waals surface area contributed by atoms with E-state index in [1.807, 2.05) is 18.2 Å². The molecule has 7 heteroatoms. The van der Waals surface area contributed by atoms with Crippen molar-refractivity contribution in [3.8, 4) is 11.5 Å². The minimum atomic E-state index is -0.298. The van der Waals surface area contributed by atoms with Gasteiger partial charge in [-0.05, 0) is 30.3 Å². The Morgan fingerprint density at radius 3 is 2.77 bits per heavy atom. The number of halogens is 1. The number of ether oxygens (including phenoxy) is 2. The molecule has 2 aromatic carbocycles. The van der Waals surface area contributed by atoms with Crippen LogP contribution in [0.5, 0.6) is 11.5 Å². The molecule has 2 aromatic rings. The third-order valence-corrected chi connectivity index (χ3v) is 4.42. The molecule has 0 bridgehead atoms. The van der Waals surface area contributed by atoms with E-state index >= 15 is 0 Å². The van der Waals surface area contributed by atoms with Gasteiger partial charge in [0.15, 0.2) is 11.5 Å². The summed E-state index contributed by atoms with van der Waals surface area (Å²) >= 11 is 3.36. The standard InChI is InChI=1S/C19H17BrN2O4/c1-25-16-5-3-4-12(19(16)26-2)6-9-18(24)22-11-17(23)21-14-10-13(20)7-8-15(14)22/h3-10H,11H2,1-2H3,(H,21,23). The van der Waals surface area contributed by atoms with Crippen LogP contribution in [0, 0.1) is 0 Å². The summed E-state index contributed by atoms with van der Waals surface area (Å²) in [6.07, 6.45) is 3.07. The van der Waals surface area contributed by atoms with Gasteiger partial charge in [0.1, 0.15) is 6.54 Å². The summed E-state index contributed by atoms with van der Waals surface area (Å²) in [6, 6.07) is 10.8. The highest BCUT2D eigenvalue weighted by Crippen LogP contribution is 2.33. The molecular formula is C19H17BrN2O4. The van der Waals surface area contributed by atoms with Crippen molar-refractivity contribution >= 4 is 45.2 Å². The van der Waals surface area contributed by atoms with Gasteiger partial charge in [0.05, 0.1) is 25.6 Å². The predicted octanol–water partition coefficient (Wildman–Crippen LogP) is 3.46. The maximum absolute atomic E-state index is 12.7. The molecule has 3 rings (SSSR count). The summed E-state index contributed by atoms with van der Waals surface area (Å²) in [5, 5.41) is 2.77. The van der Waals surface area contributed by atoms with Gasteiger partial charge in [-0.25, -0.2) is 0 Å². The number of benzene rings is 2. The van der Waals surface area contributed by atoms with Gasteiger partial charge in [0.25, 0.3) is 5.91 Å². The molecule has 1 aliphatic rings. The van der Waals surface area contributed by atoms with E-state index in [2.05, 4.69) is 21.2 Å². The number of rotatable bonds is 4. The van der Waals surface area contributed by atoms with Gasteiger partial charge in [-0.1, -0.05) is 28.1 Å². The molecule has 1 heterocycles. The van der Waals surface area contributed by atoms with Crippen LogP contribution in [0.3, 0.4) is 0 Å². The summed E-state index contributed by atoms with van der Waals surface area (Å²) in [7, 11) is 3.10. The Morgan fingerprint density at radius 2 is 2.04 bits per heavy atom. The van der Waals surface area contributed by atoms with Crippen LogP contribution in [0.2, 0.25) is 0 Å². The van der Waals surface area contributed by atoms with Crippen LogP contribution >= 0.6 is 15.9 Å². The lowest BCUT2D eigenvalue weighted by atomic mass is 10.1. The Kier molecular flexibility index (Phi) is 5.27. The van der Waals surface area contributed by atoms with Crippen molar-refractivity contribution < 1.29 is 19.1 Å². The minimum absolute atomic E-state index is 0.0347. The highest BCUT2D eigenvalue weighted by atomic mass is 79.9. The maximum atomic E-state index is 12.7. The molecule has 0 fully saturated rings. The molecule has 0 unspecified atom stereocenters. The van der Waals surface area contributed by atoms with Crippen LogP contribution in [-0.2, 0) is 9.59 Å². The lowest BCUT2D eigenvalue weighted by Crippen LogP contribution is -2.41. The van der Waals surface area contributed by atoms with Gasteiger partial charge < -0.3 is 14.8 Å². The van der Waals surface area contributed by atoms with Crippen molar-refractivity contribution in [1.82, 2.24) is 0 Å². The molecule has 0 radical (unpaired) electrons. The predicted molar refractivity (Wildman–Crippen MR) is 104 cm³/mol. The first-order chi connectivity index (χ1) is 12.5. The molecule has 0 saturated carbocycles. The van der Waals surface area contributed by atoms with Crippen molar-refractivity contribution in [2.45, 2.75) is 0 Å². The molecule has 0 spiro atoms. The Balaban J connectivity index is 1.90. The minimum Gasteiger partial charge on any atom is -0.493 e. The molecule has 0 atom stereocenters. The van der Waals surface area contributed by atoms with E-state index in [-0.39, 0.29) is 18.4 Å². The number of para-hydroxylation sites is 1. The second kappa shape index (κ2) is 7.61. The van der Waals surface area contributed by atoms with Crippen LogP contribution in [0.25, 0.3) is 6.08 Å². The lowest BCUT2D eigenvalue weighted by molar-refractivity contribution is -0.119. The fraction of sp³-hybridized carbons (Fsp3) is 0.158. The normalized spacial score (nSPS) is 13.3. The van der Waals surface area contributed by atoms with Gasteiger partial charge in [-0.2, -0.15) is 0 Å². The summed E-state index contributed by atoms with van der Waals surface area (Å²) in [5.74, 6) is 0.582. The van der Waals surface area contributed by atoms with Gasteiger partial charge in [0, 0.05) is 16.1 Å². The van der Waals surface area contributed by atoms with Crippen LogP contribution in [0.1, 0.15) is 5.56 Å². The van der Waals surface area contributed by atoms with Gasteiger partial charge in [-0.15, -0.1) is 0 Å². The number of anilines is 2. The maximum Gasteiger partial charge on any atom is 0.251 e. The Morgan fingerprint density at radius 1 is 1.23 bits per heavy atom. The third kappa shape index (κ3) is 3.57. The van der Waals surface area contributed by atoms with Crippen molar-refractivity contribution in [3.63, 3.8) is 0 Å². The molecule has 0 saturated heterocycles. The Bertz CT molecular complexity index is 895. The number of nitrogens with zero attached hydrogens (tertiary/aromatic N) is 1. The number of carbonyl (C=O) groups excluding carboxylic acids is 2. The van der Waals surface area contributed by atoms with Crippen LogP contribution < -0.4 is 19.7 Å². The first-order valence-electron chi connectivity index (χ1n) is 7.83. The molecule has 2 amide bonds. The van der Waals surface area contributed by atoms with Crippen molar-refractivity contribution in [1.29, 1.82) is 0 Å². The molecular weight excluding hydrogens is 400 g/mol. The van der Waals surface area contributed by atoms with E-state index in [1.54, 1.807) is 38.5 Å². The monoisotopic (exact) mass is 416 g/mol. The number of amides is 2. The van der Waals surface area contributed by atoms with Gasteiger partial charge in [-0.3, -0.25) is 14.5 Å². The first-order valence-corrected chi connectivity index (χ1v) is 8.62. The van der Waals surface area contributed by atoms with Gasteiger partial charge >= 0.3 is 0 Å². The van der Waals surface area contributed by atoms with Crippen LogP contribution in [-0.4, -0.2) is 32.6 Å². The number of carbonyl (C=O) groups is 2. The molecule has 26 heavy (non-hydrogen) atoms. The zero-order valence-corrected chi connectivity index (χ0v) is 15.9. The van der Waals surface area contributed by atoms with Crippen LogP contribution in [0.4, 0.5) is 11.4 Å². The second-order valence-corrected chi connectivity index (χ2v) is 6.47. The summed E-state index contributed by atoms with van der Waals surface area (Å²) in [5.41, 5.74) is 1.95. The zero-order chi connectivity index (χ0) is 18.7. The number of nitrogens with one attached hydrogen (secondary N) is 1. The molecule has 0 aliphatic carbocycles. The summed E-state index contributed by atoms with van der Waals surface area (Å²) in [4.78, 5) is 26.1. The van der Waals surface area contributed by atoms with Crippen LogP contribution in [0.15, 0.2) is 46.9 Å². The number of fused-ring (bicyclic) bond motifs is 1. The zero-order valence-electron chi connectivity index (χ0n) is 14.3. The van der Waals surface area contributed by atoms with Crippen molar-refractivity contribution in [3.05, 3.63) is 52.5 Å². The molecule has 6 nitrogen and oxygen atoms in total. The van der Waals surface area contributed by atoms with Crippen molar-refractivity contribution in [2.24, 2.45) is 0 Å². The topological polar surface area (TPSA) is 67.9 Å². The average molecular weight is 417 g/mol. The highest BCUT2D eigenvalue weighted by Gasteiger charge is 2.25. The number of hydrogen-bond donors (Lipinski definition) is 1. The summed E-state index contributed by atoms with van der Waals surface area (Å²) < 4.78 is 11.4. The average Bonchev–Trinajstić information content (AvgIpc) is 2.64. The SMILES string of the molecule is COc1cccc(C=CC(=O)N2CC(=O)Nc3cc(Br)ccc32)c1OC. The summed E-state index contributed by atoms with van der Waals surface area (Å²) in [6.45, 7) is -0.0347. The quantitative estimate of drug-likeness (QED) is 0.774. The molecule has 0 aromatic heterocycles. The van der Waals surface area contributed by atoms with E-state index in [0.717, 1.165) is 4.47 Å². The largest absolute Gasteiger partial charge is 0.493 e. The van der Waals surface area contributed by atoms with Gasteiger partial charge in [0.2, 0.25) is 5.91 Å². The van der Waals surface area contributed by atoms with Crippen molar-refractivity contribution in [2.75, 3.05) is 31.0 Å². The third-order valence-electron chi connectivity index (χ3n) is 3.93. The Hall–Kier alpha value is -2.80. The van der Waals surface area contributed by atoms with E-state index in [4.69, 9.17) is 9.47 Å². The first kappa shape index (κ1) is 18.0. The number of methoxy groups -OCH3 is 2. The van der Waals surface area contributed by atoms with E-state index in [1.165, 1.54) is 11.0 Å². The molecule has 134 valence electrons. The lowest BCUT2D eigenvalue weighted by Gasteiger charge is -2.28. The van der Waals surface area contributed by atoms with E-state index in [9.17, 15) is 9.59 Å². The van der Waals surface area contributed by atoms with E-state index in [0.29, 0.717) is 28.4 Å². The molecule has 1 aliphatic heterocycles. The smallest absolute Gasteiger partial charge is 0.251 e. The van der Waals surface area contributed by atoms with E-state index < -0.39 is 0 Å².